The van der Waals surface area contributed by atoms with Gasteiger partial charge in [0.1, 0.15) is 0 Å². The lowest BCUT2D eigenvalue weighted by Crippen LogP contribution is -2.46. The van der Waals surface area contributed by atoms with E-state index in [1.165, 1.54) is 16.8 Å². The van der Waals surface area contributed by atoms with Crippen molar-refractivity contribution in [2.45, 2.75) is 13.8 Å². The van der Waals surface area contributed by atoms with Crippen LogP contribution in [0.1, 0.15) is 11.1 Å². The largest absolute Gasteiger partial charge is 0.369 e. The zero-order valence-electron chi connectivity index (χ0n) is 12.1. The molecule has 1 fully saturated rings. The minimum absolute atomic E-state index is 0.641. The van der Waals surface area contributed by atoms with E-state index in [2.05, 4.69) is 47.9 Å². The number of anilines is 1. The molecule has 1 aliphatic rings. The van der Waals surface area contributed by atoms with Gasteiger partial charge < -0.3 is 10.6 Å². The highest BCUT2D eigenvalue weighted by Gasteiger charge is 2.17. The van der Waals surface area contributed by atoms with Crippen LogP contribution in [0.3, 0.4) is 0 Å². The van der Waals surface area contributed by atoms with E-state index in [1.807, 2.05) is 6.08 Å². The van der Waals surface area contributed by atoms with Crippen LogP contribution in [0.2, 0.25) is 0 Å². The van der Waals surface area contributed by atoms with Gasteiger partial charge in [0.05, 0.1) is 0 Å². The van der Waals surface area contributed by atoms with Gasteiger partial charge in [-0.3, -0.25) is 4.90 Å². The van der Waals surface area contributed by atoms with E-state index in [9.17, 15) is 0 Å². The van der Waals surface area contributed by atoms with Crippen LogP contribution in [0.15, 0.2) is 30.4 Å². The first kappa shape index (κ1) is 14.1. The van der Waals surface area contributed by atoms with Crippen molar-refractivity contribution in [1.82, 2.24) is 4.90 Å². The fourth-order valence-electron chi connectivity index (χ4n) is 2.57. The summed E-state index contributed by atoms with van der Waals surface area (Å²) in [7, 11) is 0. The number of nitrogens with two attached hydrogens (primary N) is 1. The zero-order chi connectivity index (χ0) is 13.7. The Hall–Kier alpha value is -1.32. The third-order valence-electron chi connectivity index (χ3n) is 3.96. The van der Waals surface area contributed by atoms with Crippen molar-refractivity contribution in [1.29, 1.82) is 0 Å². The van der Waals surface area contributed by atoms with Gasteiger partial charge in [0, 0.05) is 45.0 Å². The quantitative estimate of drug-likeness (QED) is 0.839. The zero-order valence-corrected chi connectivity index (χ0v) is 12.1. The Morgan fingerprint density at radius 2 is 1.84 bits per heavy atom. The molecule has 0 amide bonds. The topological polar surface area (TPSA) is 32.5 Å². The molecule has 1 heterocycles. The summed E-state index contributed by atoms with van der Waals surface area (Å²) >= 11 is 0. The second-order valence-electron chi connectivity index (χ2n) is 5.21. The van der Waals surface area contributed by atoms with Crippen molar-refractivity contribution in [3.63, 3.8) is 0 Å². The van der Waals surface area contributed by atoms with Crippen LogP contribution in [-0.2, 0) is 0 Å². The molecule has 0 saturated carbocycles. The normalized spacial score (nSPS) is 17.3. The molecule has 0 bridgehead atoms. The molecule has 19 heavy (non-hydrogen) atoms. The van der Waals surface area contributed by atoms with Gasteiger partial charge in [-0.25, -0.2) is 0 Å². The summed E-state index contributed by atoms with van der Waals surface area (Å²) in [4.78, 5) is 4.99. The molecule has 3 nitrogen and oxygen atoms in total. The number of benzene rings is 1. The van der Waals surface area contributed by atoms with Crippen LogP contribution in [0.25, 0.3) is 0 Å². The molecule has 3 heteroatoms. The number of aryl methyl sites for hydroxylation is 1. The molecule has 0 unspecified atom stereocenters. The van der Waals surface area contributed by atoms with Gasteiger partial charge in [-0.1, -0.05) is 24.3 Å². The van der Waals surface area contributed by atoms with E-state index in [1.54, 1.807) is 0 Å². The summed E-state index contributed by atoms with van der Waals surface area (Å²) in [6, 6.07) is 6.59. The Morgan fingerprint density at radius 3 is 2.53 bits per heavy atom. The number of piperazine rings is 1. The fourth-order valence-corrected chi connectivity index (χ4v) is 2.57. The first-order chi connectivity index (χ1) is 9.22. The molecular formula is C16H25N3. The molecule has 0 atom stereocenters. The highest BCUT2D eigenvalue weighted by atomic mass is 15.3. The predicted octanol–water partition coefficient (Wildman–Crippen LogP) is 1.94. The second kappa shape index (κ2) is 6.73. The van der Waals surface area contributed by atoms with Crippen LogP contribution in [-0.4, -0.2) is 44.2 Å². The fraction of sp³-hybridized carbons (Fsp3) is 0.500. The summed E-state index contributed by atoms with van der Waals surface area (Å²) in [6.45, 7) is 10.6. The van der Waals surface area contributed by atoms with Gasteiger partial charge in [0.15, 0.2) is 0 Å². The Balaban J connectivity index is 1.92. The Kier molecular flexibility index (Phi) is 5.00. The average Bonchev–Trinajstić information content (AvgIpc) is 2.43. The smallest absolute Gasteiger partial charge is 0.0399 e. The Bertz CT molecular complexity index is 432. The number of hydrogen-bond donors (Lipinski definition) is 1. The van der Waals surface area contributed by atoms with Crippen LogP contribution >= 0.6 is 0 Å². The molecule has 2 rings (SSSR count). The first-order valence-electron chi connectivity index (χ1n) is 7.11. The minimum atomic E-state index is 0.641. The van der Waals surface area contributed by atoms with Gasteiger partial charge in [0.2, 0.25) is 0 Å². The van der Waals surface area contributed by atoms with Gasteiger partial charge in [-0.15, -0.1) is 0 Å². The Labute approximate surface area is 116 Å². The standard InChI is InChI=1S/C16H25N3/c1-14-6-5-7-16(15(14)2)19-12-10-18(11-13-19)9-4-3-8-17/h3-7H,8-13,17H2,1-2H3. The van der Waals surface area contributed by atoms with Crippen LogP contribution < -0.4 is 10.6 Å². The summed E-state index contributed by atoms with van der Waals surface area (Å²) in [5.74, 6) is 0. The SMILES string of the molecule is Cc1cccc(N2CCN(CC=CCN)CC2)c1C. The van der Waals surface area contributed by atoms with Crippen LogP contribution in [0, 0.1) is 13.8 Å². The van der Waals surface area contributed by atoms with Crippen molar-refractivity contribution in [2.75, 3.05) is 44.2 Å². The molecule has 0 aliphatic carbocycles. The molecule has 0 radical (unpaired) electrons. The van der Waals surface area contributed by atoms with E-state index in [-0.39, 0.29) is 0 Å². The molecule has 104 valence electrons. The number of nitrogens with zero attached hydrogens (tertiary/aromatic N) is 2. The van der Waals surface area contributed by atoms with E-state index in [0.29, 0.717) is 6.54 Å². The summed E-state index contributed by atoms with van der Waals surface area (Å²) in [5.41, 5.74) is 9.66. The van der Waals surface area contributed by atoms with Gasteiger partial charge >= 0.3 is 0 Å². The summed E-state index contributed by atoms with van der Waals surface area (Å²) in [6.07, 6.45) is 4.21. The lowest BCUT2D eigenvalue weighted by Gasteiger charge is -2.36. The summed E-state index contributed by atoms with van der Waals surface area (Å²) < 4.78 is 0. The lowest BCUT2D eigenvalue weighted by atomic mass is 10.1. The van der Waals surface area contributed by atoms with Crippen molar-refractivity contribution in [2.24, 2.45) is 5.73 Å². The molecule has 1 aliphatic heterocycles. The van der Waals surface area contributed by atoms with E-state index < -0.39 is 0 Å². The van der Waals surface area contributed by atoms with E-state index in [0.717, 1.165) is 32.7 Å². The minimum Gasteiger partial charge on any atom is -0.369 e. The molecule has 0 aromatic heterocycles. The van der Waals surface area contributed by atoms with Crippen molar-refractivity contribution >= 4 is 5.69 Å². The van der Waals surface area contributed by atoms with Crippen molar-refractivity contribution < 1.29 is 0 Å². The third-order valence-corrected chi connectivity index (χ3v) is 3.96. The van der Waals surface area contributed by atoms with Gasteiger partial charge in [-0.05, 0) is 31.0 Å². The maximum absolute atomic E-state index is 5.46. The van der Waals surface area contributed by atoms with E-state index >= 15 is 0 Å². The van der Waals surface area contributed by atoms with Crippen LogP contribution in [0.4, 0.5) is 5.69 Å². The van der Waals surface area contributed by atoms with Gasteiger partial charge in [0.25, 0.3) is 0 Å². The average molecular weight is 259 g/mol. The van der Waals surface area contributed by atoms with Gasteiger partial charge in [-0.2, -0.15) is 0 Å². The predicted molar refractivity (Wildman–Crippen MR) is 82.8 cm³/mol. The van der Waals surface area contributed by atoms with Crippen molar-refractivity contribution in [3.8, 4) is 0 Å². The highest BCUT2D eigenvalue weighted by Crippen LogP contribution is 2.23. The second-order valence-corrected chi connectivity index (χ2v) is 5.21. The van der Waals surface area contributed by atoms with Crippen molar-refractivity contribution in [3.05, 3.63) is 41.5 Å². The lowest BCUT2D eigenvalue weighted by molar-refractivity contribution is 0.284. The molecule has 1 aromatic rings. The first-order valence-corrected chi connectivity index (χ1v) is 7.11. The number of hydrogen-bond acceptors (Lipinski definition) is 3. The van der Waals surface area contributed by atoms with Crippen LogP contribution in [0.5, 0.6) is 0 Å². The monoisotopic (exact) mass is 259 g/mol. The molecule has 0 spiro atoms. The molecule has 1 saturated heterocycles. The molecular weight excluding hydrogens is 234 g/mol. The maximum Gasteiger partial charge on any atom is 0.0399 e. The summed E-state index contributed by atoms with van der Waals surface area (Å²) in [5, 5.41) is 0. The highest BCUT2D eigenvalue weighted by molar-refractivity contribution is 5.56. The molecule has 1 aromatic carbocycles. The maximum atomic E-state index is 5.46. The van der Waals surface area contributed by atoms with E-state index in [4.69, 9.17) is 5.73 Å². The third kappa shape index (κ3) is 3.58. The molecule has 2 N–H and O–H groups in total. The number of rotatable bonds is 4. The Morgan fingerprint density at radius 1 is 1.11 bits per heavy atom.